The molecule has 1 N–H and O–H groups in total. The standard InChI is InChI=1S/C16H22ClNO3/c1-2-14(10-12-4-6-13(17)7-5-12)18-15(19)11-16-20-8-3-9-21-16/h4-7,14,16H,2-3,8-11H2,1H3,(H,18,19). The fourth-order valence-electron chi connectivity index (χ4n) is 2.29. The molecule has 1 aliphatic heterocycles. The quantitative estimate of drug-likeness (QED) is 0.878. The summed E-state index contributed by atoms with van der Waals surface area (Å²) in [5.41, 5.74) is 1.16. The van der Waals surface area contributed by atoms with E-state index in [0.717, 1.165) is 29.8 Å². The average molecular weight is 312 g/mol. The van der Waals surface area contributed by atoms with Crippen LogP contribution in [-0.4, -0.2) is 31.5 Å². The summed E-state index contributed by atoms with van der Waals surface area (Å²) >= 11 is 5.88. The van der Waals surface area contributed by atoms with E-state index < -0.39 is 6.29 Å². The second kappa shape index (κ2) is 8.37. The summed E-state index contributed by atoms with van der Waals surface area (Å²) in [6, 6.07) is 7.83. The zero-order valence-corrected chi connectivity index (χ0v) is 13.1. The van der Waals surface area contributed by atoms with Crippen LogP contribution in [0.25, 0.3) is 0 Å². The average Bonchev–Trinajstić information content (AvgIpc) is 2.49. The molecular weight excluding hydrogens is 290 g/mol. The molecule has 21 heavy (non-hydrogen) atoms. The Bertz CT molecular complexity index is 443. The highest BCUT2D eigenvalue weighted by Crippen LogP contribution is 2.13. The van der Waals surface area contributed by atoms with E-state index in [-0.39, 0.29) is 18.4 Å². The van der Waals surface area contributed by atoms with Gasteiger partial charge in [0.1, 0.15) is 0 Å². The van der Waals surface area contributed by atoms with Crippen LogP contribution in [0.3, 0.4) is 0 Å². The number of amides is 1. The third-order valence-electron chi connectivity index (χ3n) is 3.50. The van der Waals surface area contributed by atoms with Crippen molar-refractivity contribution in [1.29, 1.82) is 0 Å². The third kappa shape index (κ3) is 5.65. The molecule has 1 saturated heterocycles. The number of nitrogens with one attached hydrogen (secondary N) is 1. The molecule has 0 radical (unpaired) electrons. The van der Waals surface area contributed by atoms with Gasteiger partial charge >= 0.3 is 0 Å². The summed E-state index contributed by atoms with van der Waals surface area (Å²) in [6.45, 7) is 3.40. The summed E-state index contributed by atoms with van der Waals surface area (Å²) in [4.78, 5) is 12.0. The van der Waals surface area contributed by atoms with Crippen molar-refractivity contribution in [3.8, 4) is 0 Å². The van der Waals surface area contributed by atoms with Crippen molar-refractivity contribution in [3.05, 3.63) is 34.9 Å². The van der Waals surface area contributed by atoms with Gasteiger partial charge < -0.3 is 14.8 Å². The predicted molar refractivity (Wildman–Crippen MR) is 82.3 cm³/mol. The molecule has 0 aliphatic carbocycles. The van der Waals surface area contributed by atoms with E-state index in [9.17, 15) is 4.79 Å². The van der Waals surface area contributed by atoms with Gasteiger partial charge in [0.25, 0.3) is 0 Å². The Kier molecular flexibility index (Phi) is 6.49. The van der Waals surface area contributed by atoms with Crippen LogP contribution in [0.15, 0.2) is 24.3 Å². The van der Waals surface area contributed by atoms with Crippen molar-refractivity contribution in [2.45, 2.75) is 44.9 Å². The molecule has 1 aliphatic rings. The van der Waals surface area contributed by atoms with Crippen LogP contribution in [-0.2, 0) is 20.7 Å². The number of hydrogen-bond donors (Lipinski definition) is 1. The number of carbonyl (C=O) groups excluding carboxylic acids is 1. The zero-order chi connectivity index (χ0) is 15.1. The fourth-order valence-corrected chi connectivity index (χ4v) is 2.42. The molecule has 116 valence electrons. The maximum absolute atomic E-state index is 12.0. The monoisotopic (exact) mass is 311 g/mol. The smallest absolute Gasteiger partial charge is 0.225 e. The summed E-state index contributed by atoms with van der Waals surface area (Å²) in [5.74, 6) is -0.0253. The van der Waals surface area contributed by atoms with E-state index in [1.54, 1.807) is 0 Å². The molecule has 1 aromatic rings. The molecule has 1 heterocycles. The van der Waals surface area contributed by atoms with Crippen LogP contribution >= 0.6 is 11.6 Å². The molecule has 0 aromatic heterocycles. The number of benzene rings is 1. The Labute approximate surface area is 130 Å². The summed E-state index contributed by atoms with van der Waals surface area (Å²) in [6.07, 6.45) is 2.43. The number of halogens is 1. The Morgan fingerprint density at radius 3 is 2.62 bits per heavy atom. The Hall–Kier alpha value is -1.10. The summed E-state index contributed by atoms with van der Waals surface area (Å²) in [5, 5.41) is 3.77. The van der Waals surface area contributed by atoms with Gasteiger partial charge in [0, 0.05) is 11.1 Å². The minimum absolute atomic E-state index is 0.0253. The van der Waals surface area contributed by atoms with Gasteiger partial charge in [-0.25, -0.2) is 0 Å². The Morgan fingerprint density at radius 1 is 1.33 bits per heavy atom. The fraction of sp³-hybridized carbons (Fsp3) is 0.562. The van der Waals surface area contributed by atoms with Gasteiger partial charge in [-0.05, 0) is 37.0 Å². The molecule has 1 aromatic carbocycles. The summed E-state index contributed by atoms with van der Waals surface area (Å²) < 4.78 is 10.8. The number of carbonyl (C=O) groups is 1. The normalized spacial score (nSPS) is 17.4. The molecule has 1 atom stereocenters. The van der Waals surface area contributed by atoms with Crippen LogP contribution in [0.2, 0.25) is 5.02 Å². The van der Waals surface area contributed by atoms with Gasteiger partial charge in [0.05, 0.1) is 19.6 Å². The lowest BCUT2D eigenvalue weighted by molar-refractivity contribution is -0.184. The zero-order valence-electron chi connectivity index (χ0n) is 12.3. The highest BCUT2D eigenvalue weighted by Gasteiger charge is 2.20. The van der Waals surface area contributed by atoms with E-state index in [1.165, 1.54) is 0 Å². The van der Waals surface area contributed by atoms with E-state index in [2.05, 4.69) is 12.2 Å². The van der Waals surface area contributed by atoms with Crippen LogP contribution in [0, 0.1) is 0 Å². The Morgan fingerprint density at radius 2 is 2.00 bits per heavy atom. The maximum atomic E-state index is 12.0. The van der Waals surface area contributed by atoms with Gasteiger partial charge in [-0.15, -0.1) is 0 Å². The van der Waals surface area contributed by atoms with Crippen molar-refractivity contribution in [2.24, 2.45) is 0 Å². The molecule has 4 nitrogen and oxygen atoms in total. The molecule has 0 saturated carbocycles. The van der Waals surface area contributed by atoms with Crippen LogP contribution in [0.5, 0.6) is 0 Å². The van der Waals surface area contributed by atoms with Crippen molar-refractivity contribution in [3.63, 3.8) is 0 Å². The Balaban J connectivity index is 1.80. The molecule has 1 amide bonds. The highest BCUT2D eigenvalue weighted by molar-refractivity contribution is 6.30. The van der Waals surface area contributed by atoms with Crippen LogP contribution < -0.4 is 5.32 Å². The lowest BCUT2D eigenvalue weighted by Crippen LogP contribution is -2.39. The lowest BCUT2D eigenvalue weighted by Gasteiger charge is -2.24. The third-order valence-corrected chi connectivity index (χ3v) is 3.75. The number of ether oxygens (including phenoxy) is 2. The second-order valence-corrected chi connectivity index (χ2v) is 5.67. The lowest BCUT2D eigenvalue weighted by atomic mass is 10.0. The maximum Gasteiger partial charge on any atom is 0.225 e. The molecule has 0 bridgehead atoms. The van der Waals surface area contributed by atoms with Crippen LogP contribution in [0.4, 0.5) is 0 Å². The van der Waals surface area contributed by atoms with Crippen molar-refractivity contribution in [1.82, 2.24) is 5.32 Å². The first-order valence-electron chi connectivity index (χ1n) is 7.44. The first kappa shape index (κ1) is 16.3. The largest absolute Gasteiger partial charge is 0.353 e. The first-order chi connectivity index (χ1) is 10.2. The molecule has 5 heteroatoms. The first-order valence-corrected chi connectivity index (χ1v) is 7.82. The molecule has 1 fully saturated rings. The highest BCUT2D eigenvalue weighted by atomic mass is 35.5. The number of rotatable bonds is 6. The van der Waals surface area contributed by atoms with Crippen LogP contribution in [0.1, 0.15) is 31.7 Å². The van der Waals surface area contributed by atoms with E-state index >= 15 is 0 Å². The van der Waals surface area contributed by atoms with Gasteiger partial charge in [0.15, 0.2) is 6.29 Å². The molecule has 1 unspecified atom stereocenters. The van der Waals surface area contributed by atoms with Crippen molar-refractivity contribution >= 4 is 17.5 Å². The van der Waals surface area contributed by atoms with Crippen molar-refractivity contribution in [2.75, 3.05) is 13.2 Å². The number of hydrogen-bond acceptors (Lipinski definition) is 3. The van der Waals surface area contributed by atoms with E-state index in [1.807, 2.05) is 24.3 Å². The van der Waals surface area contributed by atoms with Gasteiger partial charge in [-0.3, -0.25) is 4.79 Å². The SMILES string of the molecule is CCC(Cc1ccc(Cl)cc1)NC(=O)CC1OCCCO1. The molecular formula is C16H22ClNO3. The van der Waals surface area contributed by atoms with E-state index in [0.29, 0.717) is 13.2 Å². The van der Waals surface area contributed by atoms with E-state index in [4.69, 9.17) is 21.1 Å². The minimum atomic E-state index is -0.396. The van der Waals surface area contributed by atoms with Gasteiger partial charge in [0.2, 0.25) is 5.91 Å². The summed E-state index contributed by atoms with van der Waals surface area (Å²) in [7, 11) is 0. The predicted octanol–water partition coefficient (Wildman–Crippen LogP) is 2.93. The second-order valence-electron chi connectivity index (χ2n) is 5.23. The van der Waals surface area contributed by atoms with Gasteiger partial charge in [-0.1, -0.05) is 30.7 Å². The molecule has 2 rings (SSSR count). The van der Waals surface area contributed by atoms with Gasteiger partial charge in [-0.2, -0.15) is 0 Å². The van der Waals surface area contributed by atoms with Crippen molar-refractivity contribution < 1.29 is 14.3 Å². The molecule has 0 spiro atoms. The topological polar surface area (TPSA) is 47.6 Å². The minimum Gasteiger partial charge on any atom is -0.353 e.